The smallest absolute Gasteiger partial charge is 0.340 e. The highest BCUT2D eigenvalue weighted by atomic mass is 16.6. The number of nitro benzene ring substituents is 1. The molecule has 214 valence electrons. The Balaban J connectivity index is 1.48. The zero-order chi connectivity index (χ0) is 29.3. The highest BCUT2D eigenvalue weighted by Gasteiger charge is 2.53. The number of esters is 1. The zero-order valence-electron chi connectivity index (χ0n) is 23.8. The van der Waals surface area contributed by atoms with Crippen LogP contribution >= 0.6 is 0 Å². The molecule has 0 aromatic heterocycles. The Morgan fingerprint density at radius 2 is 1.57 bits per heavy atom. The zero-order valence-corrected chi connectivity index (χ0v) is 23.8. The molecule has 8 nitrogen and oxygen atoms in total. The fraction of sp³-hybridized carbons (Fsp3) is 0.265. The molecule has 0 saturated carbocycles. The number of ether oxygens (including phenoxy) is 2. The van der Waals surface area contributed by atoms with Gasteiger partial charge in [-0.15, -0.1) is 0 Å². The van der Waals surface area contributed by atoms with Gasteiger partial charge in [0, 0.05) is 53.3 Å². The van der Waals surface area contributed by atoms with E-state index in [2.05, 4.69) is 36.2 Å². The molecule has 2 aliphatic rings. The number of nitrogens with zero attached hydrogens (tertiary/aromatic N) is 2. The summed E-state index contributed by atoms with van der Waals surface area (Å²) in [5, 5.41) is 14.8. The lowest BCUT2D eigenvalue weighted by Crippen LogP contribution is -2.33. The topological polar surface area (TPSA) is 93.9 Å². The summed E-state index contributed by atoms with van der Waals surface area (Å²) in [6.45, 7) is 6.30. The third kappa shape index (κ3) is 4.62. The van der Waals surface area contributed by atoms with Crippen LogP contribution < -0.4 is 15.0 Å². The predicted molar refractivity (Wildman–Crippen MR) is 163 cm³/mol. The molecular formula is C34H33N3O5. The summed E-state index contributed by atoms with van der Waals surface area (Å²) in [5.41, 5.74) is 3.42. The van der Waals surface area contributed by atoms with Gasteiger partial charge in [-0.25, -0.2) is 4.79 Å². The Hall–Kier alpha value is -4.85. The molecular weight excluding hydrogens is 530 g/mol. The first-order chi connectivity index (χ1) is 20.5. The summed E-state index contributed by atoms with van der Waals surface area (Å²) in [5.74, 6) is 0.797. The number of hydrogen-bond acceptors (Lipinski definition) is 7. The van der Waals surface area contributed by atoms with Crippen molar-refractivity contribution in [1.29, 1.82) is 0 Å². The number of para-hydroxylation sites is 2. The van der Waals surface area contributed by atoms with Gasteiger partial charge in [0.15, 0.2) is 5.60 Å². The average molecular weight is 564 g/mol. The van der Waals surface area contributed by atoms with E-state index in [0.717, 1.165) is 55.6 Å². The Bertz CT molecular complexity index is 1660. The normalized spacial score (nSPS) is 16.2. The molecule has 0 aliphatic carbocycles. The summed E-state index contributed by atoms with van der Waals surface area (Å²) in [4.78, 5) is 26.9. The summed E-state index contributed by atoms with van der Waals surface area (Å²) in [6, 6.07) is 25.6. The van der Waals surface area contributed by atoms with Crippen molar-refractivity contribution in [3.63, 3.8) is 0 Å². The predicted octanol–water partition coefficient (Wildman–Crippen LogP) is 8.31. The van der Waals surface area contributed by atoms with Gasteiger partial charge < -0.3 is 19.7 Å². The number of rotatable bonds is 10. The monoisotopic (exact) mass is 563 g/mol. The molecule has 0 saturated heterocycles. The van der Waals surface area contributed by atoms with Crippen molar-refractivity contribution >= 4 is 28.7 Å². The fourth-order valence-corrected chi connectivity index (χ4v) is 5.90. The fourth-order valence-electron chi connectivity index (χ4n) is 5.90. The minimum absolute atomic E-state index is 0.0348. The minimum Gasteiger partial charge on any atom is -0.456 e. The van der Waals surface area contributed by atoms with Gasteiger partial charge in [-0.1, -0.05) is 57.0 Å². The van der Waals surface area contributed by atoms with Gasteiger partial charge in [-0.05, 0) is 55.3 Å². The van der Waals surface area contributed by atoms with E-state index in [9.17, 15) is 14.9 Å². The van der Waals surface area contributed by atoms with Crippen LogP contribution in [0, 0.1) is 10.1 Å². The lowest BCUT2D eigenvalue weighted by atomic mass is 9.77. The molecule has 6 rings (SSSR count). The first kappa shape index (κ1) is 27.3. The molecule has 0 amide bonds. The van der Waals surface area contributed by atoms with E-state index in [-0.39, 0.29) is 5.69 Å². The van der Waals surface area contributed by atoms with Gasteiger partial charge in [-0.2, -0.15) is 0 Å². The Morgan fingerprint density at radius 1 is 0.833 bits per heavy atom. The van der Waals surface area contributed by atoms with E-state index in [1.807, 2.05) is 42.5 Å². The molecule has 2 aliphatic heterocycles. The van der Waals surface area contributed by atoms with Crippen molar-refractivity contribution in [3.05, 3.63) is 117 Å². The standard InChI is InChI=1S/C34H33N3O5/c1-3-5-19-36(20-6-4-2)24-16-17-27-32(22-24)41-31-18-15-23(35-29-13-9-10-14-30(29)37(39)40)21-28(31)34(27)26-12-8-7-11-25(26)33(38)42-34/h7-18,21-22,35H,3-6,19-20H2,1-2H3. The first-order valence-corrected chi connectivity index (χ1v) is 14.5. The summed E-state index contributed by atoms with van der Waals surface area (Å²) in [6.07, 6.45) is 4.40. The molecule has 4 aromatic rings. The van der Waals surface area contributed by atoms with Crippen molar-refractivity contribution in [2.45, 2.75) is 45.1 Å². The first-order valence-electron chi connectivity index (χ1n) is 14.5. The summed E-state index contributed by atoms with van der Waals surface area (Å²) in [7, 11) is 0. The van der Waals surface area contributed by atoms with Gasteiger partial charge in [0.1, 0.15) is 17.2 Å². The van der Waals surface area contributed by atoms with Crippen LogP contribution in [0.1, 0.15) is 66.6 Å². The van der Waals surface area contributed by atoms with Crippen LogP contribution in [0.2, 0.25) is 0 Å². The molecule has 2 heterocycles. The van der Waals surface area contributed by atoms with Gasteiger partial charge in [0.05, 0.1) is 10.5 Å². The number of carbonyl (C=O) groups excluding carboxylic acids is 1. The molecule has 1 N–H and O–H groups in total. The molecule has 4 aromatic carbocycles. The molecule has 1 spiro atoms. The van der Waals surface area contributed by atoms with E-state index in [4.69, 9.17) is 9.47 Å². The lowest BCUT2D eigenvalue weighted by molar-refractivity contribution is -0.383. The number of nitro groups is 1. The molecule has 0 fully saturated rings. The quantitative estimate of drug-likeness (QED) is 0.118. The number of nitrogens with one attached hydrogen (secondary N) is 1. The number of anilines is 3. The number of benzene rings is 4. The molecule has 8 heteroatoms. The summed E-state index contributed by atoms with van der Waals surface area (Å²) >= 11 is 0. The second kappa shape index (κ2) is 11.2. The number of carbonyl (C=O) groups is 1. The Morgan fingerprint density at radius 3 is 2.33 bits per heavy atom. The highest BCUT2D eigenvalue weighted by Crippen LogP contribution is 2.57. The number of hydrogen-bond donors (Lipinski definition) is 1. The van der Waals surface area contributed by atoms with E-state index in [0.29, 0.717) is 34.0 Å². The van der Waals surface area contributed by atoms with Crippen LogP contribution in [0.5, 0.6) is 11.5 Å². The lowest BCUT2D eigenvalue weighted by Gasteiger charge is -2.37. The molecule has 0 bridgehead atoms. The van der Waals surface area contributed by atoms with E-state index >= 15 is 0 Å². The second-order valence-electron chi connectivity index (χ2n) is 10.7. The second-order valence-corrected chi connectivity index (χ2v) is 10.7. The maximum Gasteiger partial charge on any atom is 0.340 e. The van der Waals surface area contributed by atoms with Crippen LogP contribution in [-0.4, -0.2) is 24.0 Å². The Kier molecular flexibility index (Phi) is 7.29. The largest absolute Gasteiger partial charge is 0.456 e. The van der Waals surface area contributed by atoms with Gasteiger partial charge in [-0.3, -0.25) is 10.1 Å². The average Bonchev–Trinajstić information content (AvgIpc) is 3.30. The van der Waals surface area contributed by atoms with Crippen LogP contribution in [-0.2, 0) is 10.3 Å². The van der Waals surface area contributed by atoms with Crippen LogP contribution in [0.15, 0.2) is 84.9 Å². The maximum atomic E-state index is 13.3. The number of fused-ring (bicyclic) bond motifs is 6. The van der Waals surface area contributed by atoms with Gasteiger partial charge >= 0.3 is 5.97 Å². The third-order valence-corrected chi connectivity index (χ3v) is 8.00. The maximum absolute atomic E-state index is 13.3. The van der Waals surface area contributed by atoms with Crippen molar-refractivity contribution in [2.75, 3.05) is 23.3 Å². The Labute approximate surface area is 245 Å². The van der Waals surface area contributed by atoms with Crippen LogP contribution in [0.3, 0.4) is 0 Å². The van der Waals surface area contributed by atoms with E-state index < -0.39 is 16.5 Å². The van der Waals surface area contributed by atoms with Gasteiger partial charge in [0.25, 0.3) is 5.69 Å². The summed E-state index contributed by atoms with van der Waals surface area (Å²) < 4.78 is 12.9. The molecule has 42 heavy (non-hydrogen) atoms. The van der Waals surface area contributed by atoms with E-state index in [1.54, 1.807) is 24.3 Å². The SMILES string of the molecule is CCCCN(CCCC)c1ccc2c(c1)Oc1ccc(Nc3ccccc3[N+](=O)[O-])cc1C21OC(=O)c2ccccc21. The molecule has 0 radical (unpaired) electrons. The highest BCUT2D eigenvalue weighted by molar-refractivity contribution is 5.97. The van der Waals surface area contributed by atoms with E-state index in [1.165, 1.54) is 6.07 Å². The van der Waals surface area contributed by atoms with Gasteiger partial charge in [0.2, 0.25) is 0 Å². The molecule has 1 atom stereocenters. The minimum atomic E-state index is -1.23. The third-order valence-electron chi connectivity index (χ3n) is 8.00. The van der Waals surface area contributed by atoms with Crippen LogP contribution in [0.4, 0.5) is 22.7 Å². The molecule has 1 unspecified atom stereocenters. The number of unbranched alkanes of at least 4 members (excludes halogenated alkanes) is 2. The van der Waals surface area contributed by atoms with Crippen molar-refractivity contribution in [3.8, 4) is 11.5 Å². The van der Waals surface area contributed by atoms with Crippen molar-refractivity contribution in [1.82, 2.24) is 0 Å². The van der Waals surface area contributed by atoms with Crippen molar-refractivity contribution in [2.24, 2.45) is 0 Å². The van der Waals surface area contributed by atoms with Crippen LogP contribution in [0.25, 0.3) is 0 Å². The van der Waals surface area contributed by atoms with Crippen molar-refractivity contribution < 1.29 is 19.2 Å².